The molecule has 5 N–H and O–H groups in total. The van der Waals surface area contributed by atoms with E-state index in [0.29, 0.717) is 39.5 Å². The summed E-state index contributed by atoms with van der Waals surface area (Å²) < 4.78 is 11.2. The van der Waals surface area contributed by atoms with Crippen LogP contribution in [0.4, 0.5) is 0 Å². The molecular formula is C28H41N3O8. The molecule has 0 saturated carbocycles. The van der Waals surface area contributed by atoms with Crippen LogP contribution in [-0.4, -0.2) is 120 Å². The molecule has 0 bridgehead atoms. The Kier molecular flexibility index (Phi) is 15.9. The van der Waals surface area contributed by atoms with Gasteiger partial charge in [0.15, 0.2) is 0 Å². The van der Waals surface area contributed by atoms with Crippen LogP contribution in [0, 0.1) is 0 Å². The molecule has 3 rings (SSSR count). The fourth-order valence-corrected chi connectivity index (χ4v) is 3.89. The van der Waals surface area contributed by atoms with Crippen molar-refractivity contribution in [2.75, 3.05) is 65.6 Å². The molecule has 2 aromatic carbocycles. The number of hydrogen-bond acceptors (Lipinski definition) is 9. The average molecular weight is 548 g/mol. The first kappa shape index (κ1) is 32.3. The molecule has 2 aromatic rings. The monoisotopic (exact) mass is 547 g/mol. The highest BCUT2D eigenvalue weighted by molar-refractivity contribution is 6.27. The van der Waals surface area contributed by atoms with E-state index < -0.39 is 24.1 Å². The number of nitrogens with one attached hydrogen (secondary N) is 1. The summed E-state index contributed by atoms with van der Waals surface area (Å²) in [7, 11) is 0. The number of benzene rings is 2. The number of nitrogens with zero attached hydrogens (tertiary/aromatic N) is 2. The van der Waals surface area contributed by atoms with E-state index in [1.54, 1.807) is 0 Å². The zero-order chi connectivity index (χ0) is 28.3. The van der Waals surface area contributed by atoms with Gasteiger partial charge in [0.2, 0.25) is 0 Å². The number of rotatable bonds is 15. The lowest BCUT2D eigenvalue weighted by Crippen LogP contribution is -2.50. The fraction of sp³-hybridized carbons (Fsp3) is 0.500. The number of aliphatic carboxylic acids is 2. The molecule has 216 valence electrons. The summed E-state index contributed by atoms with van der Waals surface area (Å²) in [6, 6.07) is 20.0. The van der Waals surface area contributed by atoms with Crippen molar-refractivity contribution in [1.82, 2.24) is 15.1 Å². The molecule has 1 saturated heterocycles. The van der Waals surface area contributed by atoms with E-state index in [2.05, 4.69) is 15.1 Å². The Labute approximate surface area is 229 Å². The van der Waals surface area contributed by atoms with Gasteiger partial charge in [-0.1, -0.05) is 60.7 Å². The third-order valence-corrected chi connectivity index (χ3v) is 5.95. The predicted molar refractivity (Wildman–Crippen MR) is 145 cm³/mol. The van der Waals surface area contributed by atoms with E-state index in [1.807, 2.05) is 60.7 Å². The van der Waals surface area contributed by atoms with Gasteiger partial charge in [0.25, 0.3) is 0 Å². The SMILES string of the molecule is O=C(O)C(=O)O.OC(CNCCN1CCN(CC(O)COCc2ccccc2)CC1)COCc1ccccc1. The first-order valence-corrected chi connectivity index (χ1v) is 13.0. The van der Waals surface area contributed by atoms with E-state index in [4.69, 9.17) is 29.3 Å². The third kappa shape index (κ3) is 15.3. The number of hydrogen-bond donors (Lipinski definition) is 5. The van der Waals surface area contributed by atoms with Gasteiger partial charge in [0.1, 0.15) is 0 Å². The van der Waals surface area contributed by atoms with Crippen molar-refractivity contribution in [2.45, 2.75) is 25.4 Å². The maximum absolute atomic E-state index is 10.3. The van der Waals surface area contributed by atoms with Gasteiger partial charge in [-0.25, -0.2) is 9.59 Å². The number of carbonyl (C=O) groups is 2. The molecule has 0 spiro atoms. The van der Waals surface area contributed by atoms with Crippen LogP contribution in [0.2, 0.25) is 0 Å². The molecule has 2 atom stereocenters. The molecule has 11 nitrogen and oxygen atoms in total. The highest BCUT2D eigenvalue weighted by Crippen LogP contribution is 2.05. The molecule has 39 heavy (non-hydrogen) atoms. The van der Waals surface area contributed by atoms with Gasteiger partial charge in [0, 0.05) is 52.4 Å². The molecule has 2 unspecified atom stereocenters. The lowest BCUT2D eigenvalue weighted by molar-refractivity contribution is -0.159. The Balaban J connectivity index is 0.000000798. The summed E-state index contributed by atoms with van der Waals surface area (Å²) in [5.41, 5.74) is 2.24. The average Bonchev–Trinajstić information content (AvgIpc) is 2.93. The summed E-state index contributed by atoms with van der Waals surface area (Å²) in [5.74, 6) is -3.65. The predicted octanol–water partition coefficient (Wildman–Crippen LogP) is 0.505. The lowest BCUT2D eigenvalue weighted by Gasteiger charge is -2.35. The number of ether oxygens (including phenoxy) is 2. The van der Waals surface area contributed by atoms with E-state index in [-0.39, 0.29) is 0 Å². The van der Waals surface area contributed by atoms with Gasteiger partial charge in [-0.2, -0.15) is 0 Å². The van der Waals surface area contributed by atoms with Crippen LogP contribution in [0.25, 0.3) is 0 Å². The lowest BCUT2D eigenvalue weighted by atomic mass is 10.2. The second-order valence-electron chi connectivity index (χ2n) is 9.27. The van der Waals surface area contributed by atoms with Crippen LogP contribution in [0.5, 0.6) is 0 Å². The van der Waals surface area contributed by atoms with Gasteiger partial charge in [-0.15, -0.1) is 0 Å². The zero-order valence-electron chi connectivity index (χ0n) is 22.2. The fourth-order valence-electron chi connectivity index (χ4n) is 3.89. The van der Waals surface area contributed by atoms with Crippen LogP contribution in [0.1, 0.15) is 11.1 Å². The molecule has 0 aliphatic carbocycles. The Morgan fingerprint density at radius 3 is 1.69 bits per heavy atom. The molecule has 1 fully saturated rings. The molecule has 1 aliphatic rings. The van der Waals surface area contributed by atoms with Crippen LogP contribution in [-0.2, 0) is 32.3 Å². The van der Waals surface area contributed by atoms with Crippen molar-refractivity contribution in [3.63, 3.8) is 0 Å². The number of carboxylic acids is 2. The summed E-state index contributed by atoms with van der Waals surface area (Å²) in [4.78, 5) is 22.9. The highest BCUT2D eigenvalue weighted by Gasteiger charge is 2.19. The number of aliphatic hydroxyl groups is 2. The zero-order valence-corrected chi connectivity index (χ0v) is 22.2. The molecular weight excluding hydrogens is 506 g/mol. The first-order chi connectivity index (χ1) is 18.8. The Morgan fingerprint density at radius 1 is 0.744 bits per heavy atom. The Bertz CT molecular complexity index is 912. The van der Waals surface area contributed by atoms with Crippen molar-refractivity contribution < 1.29 is 39.5 Å². The second-order valence-corrected chi connectivity index (χ2v) is 9.27. The molecule has 0 amide bonds. The van der Waals surface area contributed by atoms with Gasteiger partial charge in [-0.3, -0.25) is 9.80 Å². The minimum Gasteiger partial charge on any atom is -0.473 e. The molecule has 11 heteroatoms. The van der Waals surface area contributed by atoms with Gasteiger partial charge in [-0.05, 0) is 11.1 Å². The molecule has 0 aromatic heterocycles. The van der Waals surface area contributed by atoms with Crippen molar-refractivity contribution in [3.05, 3.63) is 71.8 Å². The van der Waals surface area contributed by atoms with Crippen LogP contribution < -0.4 is 5.32 Å². The standard InChI is InChI=1S/C26H39N3O4.C2H2O4/c30-25(21-32-19-23-7-3-1-4-8-23)17-27-11-12-28-13-15-29(16-14-28)18-26(31)22-33-20-24-9-5-2-6-10-24;3-1(4)2(5)6/h1-10,25-27,30-31H,11-22H2;(H,3,4)(H,5,6). The summed E-state index contributed by atoms with van der Waals surface area (Å²) in [5, 5.41) is 38.4. The largest absolute Gasteiger partial charge is 0.473 e. The van der Waals surface area contributed by atoms with Crippen molar-refractivity contribution in [1.29, 1.82) is 0 Å². The smallest absolute Gasteiger partial charge is 0.414 e. The van der Waals surface area contributed by atoms with Gasteiger partial charge < -0.3 is 35.2 Å². The maximum Gasteiger partial charge on any atom is 0.414 e. The number of β-amino-alcohol motifs (C(OH)–C–C–N with tert-alkyl or cyclic N) is 1. The topological polar surface area (TPSA) is 152 Å². The minimum atomic E-state index is -1.82. The number of piperazine rings is 1. The Hall–Kier alpha value is -2.90. The van der Waals surface area contributed by atoms with E-state index in [9.17, 15) is 10.2 Å². The Morgan fingerprint density at radius 2 is 1.21 bits per heavy atom. The summed E-state index contributed by atoms with van der Waals surface area (Å²) in [6.07, 6.45) is -0.969. The van der Waals surface area contributed by atoms with Crippen LogP contribution in [0.15, 0.2) is 60.7 Å². The van der Waals surface area contributed by atoms with Crippen LogP contribution >= 0.6 is 0 Å². The van der Waals surface area contributed by atoms with E-state index in [0.717, 1.165) is 50.4 Å². The highest BCUT2D eigenvalue weighted by atomic mass is 16.5. The second kappa shape index (κ2) is 19.2. The first-order valence-electron chi connectivity index (χ1n) is 13.0. The van der Waals surface area contributed by atoms with E-state index in [1.165, 1.54) is 0 Å². The summed E-state index contributed by atoms with van der Waals surface area (Å²) >= 11 is 0. The van der Waals surface area contributed by atoms with Crippen molar-refractivity contribution in [3.8, 4) is 0 Å². The van der Waals surface area contributed by atoms with E-state index >= 15 is 0 Å². The van der Waals surface area contributed by atoms with Crippen molar-refractivity contribution in [2.24, 2.45) is 0 Å². The maximum atomic E-state index is 10.3. The summed E-state index contributed by atoms with van der Waals surface area (Å²) in [6.45, 7) is 8.60. The molecule has 1 heterocycles. The van der Waals surface area contributed by atoms with Crippen LogP contribution in [0.3, 0.4) is 0 Å². The minimum absolute atomic E-state index is 0.331. The molecule has 1 aliphatic heterocycles. The molecule has 0 radical (unpaired) electrons. The number of aliphatic hydroxyl groups excluding tert-OH is 2. The quantitative estimate of drug-likeness (QED) is 0.157. The van der Waals surface area contributed by atoms with Gasteiger partial charge in [0.05, 0.1) is 38.6 Å². The van der Waals surface area contributed by atoms with Crippen molar-refractivity contribution >= 4 is 11.9 Å². The normalized spacial score (nSPS) is 15.6. The van der Waals surface area contributed by atoms with Gasteiger partial charge >= 0.3 is 11.9 Å². The third-order valence-electron chi connectivity index (χ3n) is 5.95. The number of carboxylic acid groups (broad SMARTS) is 2.